The second-order valence-electron chi connectivity index (χ2n) is 6.11. The molecule has 4 nitrogen and oxygen atoms in total. The maximum Gasteiger partial charge on any atom is 0.308 e. The Morgan fingerprint density at radius 1 is 1.42 bits per heavy atom. The van der Waals surface area contributed by atoms with E-state index in [0.29, 0.717) is 13.1 Å². The number of hydrogen-bond acceptors (Lipinski definition) is 3. The number of carbonyl (C=O) groups is 1. The highest BCUT2D eigenvalue weighted by atomic mass is 16.4. The Morgan fingerprint density at radius 2 is 2.05 bits per heavy atom. The third-order valence-corrected chi connectivity index (χ3v) is 3.46. The van der Waals surface area contributed by atoms with E-state index in [1.165, 1.54) is 0 Å². The standard InChI is InChI=1S/C15H25NO3/c1-10(2)12(14(17)18)8-16-9-15(4,5)13-7-6-11(3)19-13/h6-7,10,12,16H,8-9H2,1-5H3,(H,17,18). The molecular formula is C15H25NO3. The van der Waals surface area contributed by atoms with Crippen LogP contribution < -0.4 is 5.32 Å². The number of nitrogens with one attached hydrogen (secondary N) is 1. The third kappa shape index (κ3) is 4.39. The molecule has 1 unspecified atom stereocenters. The predicted octanol–water partition coefficient (Wildman–Crippen LogP) is 2.81. The number of furan rings is 1. The monoisotopic (exact) mass is 267 g/mol. The molecule has 0 aliphatic carbocycles. The van der Waals surface area contributed by atoms with Gasteiger partial charge in [-0.1, -0.05) is 27.7 Å². The lowest BCUT2D eigenvalue weighted by atomic mass is 9.89. The Labute approximate surface area is 115 Å². The predicted molar refractivity (Wildman–Crippen MR) is 75.3 cm³/mol. The lowest BCUT2D eigenvalue weighted by Gasteiger charge is -2.24. The molecule has 4 heteroatoms. The van der Waals surface area contributed by atoms with Crippen LogP contribution in [0.2, 0.25) is 0 Å². The zero-order valence-electron chi connectivity index (χ0n) is 12.5. The van der Waals surface area contributed by atoms with Gasteiger partial charge in [0.25, 0.3) is 0 Å². The molecule has 1 rings (SSSR count). The number of aryl methyl sites for hydroxylation is 1. The minimum Gasteiger partial charge on any atom is -0.481 e. The highest BCUT2D eigenvalue weighted by Crippen LogP contribution is 2.24. The van der Waals surface area contributed by atoms with Crippen molar-refractivity contribution in [1.82, 2.24) is 5.32 Å². The van der Waals surface area contributed by atoms with Crippen molar-refractivity contribution in [2.75, 3.05) is 13.1 Å². The molecule has 0 bridgehead atoms. The van der Waals surface area contributed by atoms with Crippen LogP contribution in [-0.4, -0.2) is 24.2 Å². The zero-order chi connectivity index (χ0) is 14.6. The fourth-order valence-electron chi connectivity index (χ4n) is 2.03. The van der Waals surface area contributed by atoms with E-state index in [0.717, 1.165) is 11.5 Å². The van der Waals surface area contributed by atoms with Crippen LogP contribution in [0.4, 0.5) is 0 Å². The molecule has 0 radical (unpaired) electrons. The molecule has 0 fully saturated rings. The summed E-state index contributed by atoms with van der Waals surface area (Å²) in [5.41, 5.74) is -0.145. The zero-order valence-corrected chi connectivity index (χ0v) is 12.5. The number of rotatable bonds is 7. The van der Waals surface area contributed by atoms with Crippen molar-refractivity contribution in [1.29, 1.82) is 0 Å². The highest BCUT2D eigenvalue weighted by molar-refractivity contribution is 5.70. The SMILES string of the molecule is Cc1ccc(C(C)(C)CNCC(C(=O)O)C(C)C)o1. The molecule has 0 amide bonds. The van der Waals surface area contributed by atoms with Crippen LogP contribution >= 0.6 is 0 Å². The highest BCUT2D eigenvalue weighted by Gasteiger charge is 2.26. The van der Waals surface area contributed by atoms with E-state index in [2.05, 4.69) is 19.2 Å². The molecule has 0 saturated heterocycles. The van der Waals surface area contributed by atoms with E-state index in [1.54, 1.807) is 0 Å². The molecular weight excluding hydrogens is 242 g/mol. The van der Waals surface area contributed by atoms with Crippen LogP contribution in [0.25, 0.3) is 0 Å². The third-order valence-electron chi connectivity index (χ3n) is 3.46. The van der Waals surface area contributed by atoms with E-state index in [1.807, 2.05) is 32.9 Å². The molecule has 108 valence electrons. The van der Waals surface area contributed by atoms with Crippen LogP contribution in [-0.2, 0) is 10.2 Å². The molecule has 0 aliphatic rings. The lowest BCUT2D eigenvalue weighted by Crippen LogP contribution is -2.38. The van der Waals surface area contributed by atoms with Gasteiger partial charge >= 0.3 is 5.97 Å². The molecule has 1 atom stereocenters. The average Bonchev–Trinajstić information content (AvgIpc) is 2.71. The Hall–Kier alpha value is -1.29. The summed E-state index contributed by atoms with van der Waals surface area (Å²) in [6, 6.07) is 3.93. The average molecular weight is 267 g/mol. The topological polar surface area (TPSA) is 62.5 Å². The van der Waals surface area contributed by atoms with Gasteiger partial charge < -0.3 is 14.8 Å². The Balaban J connectivity index is 2.54. The van der Waals surface area contributed by atoms with Gasteiger partial charge in [-0.15, -0.1) is 0 Å². The van der Waals surface area contributed by atoms with Crippen LogP contribution in [0.1, 0.15) is 39.2 Å². The molecule has 0 aliphatic heterocycles. The number of carboxylic acid groups (broad SMARTS) is 1. The minimum absolute atomic E-state index is 0.124. The molecule has 1 aromatic rings. The van der Waals surface area contributed by atoms with Crippen molar-refractivity contribution in [2.45, 2.75) is 40.0 Å². The van der Waals surface area contributed by atoms with Crippen molar-refractivity contribution in [3.05, 3.63) is 23.7 Å². The van der Waals surface area contributed by atoms with Gasteiger partial charge in [0.05, 0.1) is 5.92 Å². The van der Waals surface area contributed by atoms with Gasteiger partial charge in [-0.05, 0) is 25.0 Å². The molecule has 0 saturated carbocycles. The van der Waals surface area contributed by atoms with Gasteiger partial charge in [0.2, 0.25) is 0 Å². The number of hydrogen-bond donors (Lipinski definition) is 2. The molecule has 1 aromatic heterocycles. The van der Waals surface area contributed by atoms with E-state index >= 15 is 0 Å². The maximum atomic E-state index is 11.1. The second kappa shape index (κ2) is 6.24. The van der Waals surface area contributed by atoms with Gasteiger partial charge in [0, 0.05) is 18.5 Å². The van der Waals surface area contributed by atoms with Crippen molar-refractivity contribution in [2.24, 2.45) is 11.8 Å². The maximum absolute atomic E-state index is 11.1. The van der Waals surface area contributed by atoms with Crippen molar-refractivity contribution < 1.29 is 14.3 Å². The summed E-state index contributed by atoms with van der Waals surface area (Å²) < 4.78 is 5.64. The Bertz CT molecular complexity index is 421. The number of carboxylic acids is 1. The summed E-state index contributed by atoms with van der Waals surface area (Å²) in [4.78, 5) is 11.1. The van der Waals surface area contributed by atoms with Crippen LogP contribution in [0, 0.1) is 18.8 Å². The summed E-state index contributed by atoms with van der Waals surface area (Å²) >= 11 is 0. The summed E-state index contributed by atoms with van der Waals surface area (Å²) in [7, 11) is 0. The first-order chi connectivity index (χ1) is 8.74. The fraction of sp³-hybridized carbons (Fsp3) is 0.667. The van der Waals surface area contributed by atoms with Crippen LogP contribution in [0.5, 0.6) is 0 Å². The van der Waals surface area contributed by atoms with E-state index < -0.39 is 5.97 Å². The van der Waals surface area contributed by atoms with Crippen molar-refractivity contribution >= 4 is 5.97 Å². The van der Waals surface area contributed by atoms with Gasteiger partial charge in [-0.25, -0.2) is 0 Å². The van der Waals surface area contributed by atoms with E-state index in [-0.39, 0.29) is 17.3 Å². The minimum atomic E-state index is -0.742. The van der Waals surface area contributed by atoms with Gasteiger partial charge in [0.15, 0.2) is 0 Å². The first kappa shape index (κ1) is 15.8. The van der Waals surface area contributed by atoms with Crippen LogP contribution in [0.15, 0.2) is 16.5 Å². The first-order valence-corrected chi connectivity index (χ1v) is 6.74. The molecule has 0 aromatic carbocycles. The van der Waals surface area contributed by atoms with Crippen molar-refractivity contribution in [3.63, 3.8) is 0 Å². The molecule has 0 spiro atoms. The normalized spacial score (nSPS) is 13.8. The van der Waals surface area contributed by atoms with Gasteiger partial charge in [-0.3, -0.25) is 4.79 Å². The van der Waals surface area contributed by atoms with Crippen molar-refractivity contribution in [3.8, 4) is 0 Å². The summed E-state index contributed by atoms with van der Waals surface area (Å²) in [5, 5.41) is 12.4. The Kier molecular flexibility index (Phi) is 5.18. The largest absolute Gasteiger partial charge is 0.481 e. The fourth-order valence-corrected chi connectivity index (χ4v) is 2.03. The van der Waals surface area contributed by atoms with Gasteiger partial charge in [-0.2, -0.15) is 0 Å². The summed E-state index contributed by atoms with van der Waals surface area (Å²) in [6.07, 6.45) is 0. The van der Waals surface area contributed by atoms with Crippen LogP contribution in [0.3, 0.4) is 0 Å². The molecule has 2 N–H and O–H groups in total. The first-order valence-electron chi connectivity index (χ1n) is 6.74. The molecule has 19 heavy (non-hydrogen) atoms. The second-order valence-corrected chi connectivity index (χ2v) is 6.11. The molecule has 1 heterocycles. The van der Waals surface area contributed by atoms with E-state index in [9.17, 15) is 4.79 Å². The number of aliphatic carboxylic acids is 1. The summed E-state index contributed by atoms with van der Waals surface area (Å²) in [6.45, 7) is 11.1. The van der Waals surface area contributed by atoms with E-state index in [4.69, 9.17) is 9.52 Å². The Morgan fingerprint density at radius 3 is 2.47 bits per heavy atom. The lowest BCUT2D eigenvalue weighted by molar-refractivity contribution is -0.143. The quantitative estimate of drug-likeness (QED) is 0.797. The van der Waals surface area contributed by atoms with Gasteiger partial charge in [0.1, 0.15) is 11.5 Å². The summed E-state index contributed by atoms with van der Waals surface area (Å²) in [5.74, 6) is 0.852. The smallest absolute Gasteiger partial charge is 0.308 e.